The number of carbonyl (C=O) groups is 6. The molecule has 3 rings (SSSR count). The van der Waals surface area contributed by atoms with Crippen molar-refractivity contribution in [3.05, 3.63) is 94.0 Å². The number of amides is 2. The van der Waals surface area contributed by atoms with Gasteiger partial charge in [-0.05, 0) is 82.3 Å². The van der Waals surface area contributed by atoms with E-state index in [0.717, 1.165) is 0 Å². The first-order chi connectivity index (χ1) is 16.9. The topological polar surface area (TPSA) is 126 Å². The lowest BCUT2D eigenvalue weighted by Gasteiger charge is -2.11. The zero-order valence-corrected chi connectivity index (χ0v) is 20.2. The highest BCUT2D eigenvalue weighted by Crippen LogP contribution is 2.20. The molecule has 2 amide bonds. The summed E-state index contributed by atoms with van der Waals surface area (Å²) in [4.78, 5) is 73.0. The number of Topliss-reactive ketones (excluding diaryl/α,β-unsaturated/α-hetero) is 4. The minimum atomic E-state index is -0.544. The van der Waals surface area contributed by atoms with E-state index in [-0.39, 0.29) is 67.9 Å². The molecule has 0 saturated heterocycles. The molecule has 3 aromatic carbocycles. The molecule has 2 N–H and O–H groups in total. The minimum absolute atomic E-state index is 0.169. The van der Waals surface area contributed by atoms with E-state index in [1.54, 1.807) is 0 Å². The standard InChI is InChI=1S/C28H24N2O6/c1-15(31)21-9-22(16(2)32)12-25(11-21)29-27(35)19-6-5-7-20(8-19)28(36)30-26-13-23(17(3)33)10-24(14-26)18(4)34/h5-14H,1-4H3,(H,29,35)(H,30,36). The average Bonchev–Trinajstić information content (AvgIpc) is 2.83. The summed E-state index contributed by atoms with van der Waals surface area (Å²) in [5.41, 5.74) is 2.00. The summed E-state index contributed by atoms with van der Waals surface area (Å²) in [5, 5.41) is 5.31. The Morgan fingerprint density at radius 3 is 1.00 bits per heavy atom. The first-order valence-electron chi connectivity index (χ1n) is 11.0. The number of ketones is 4. The van der Waals surface area contributed by atoms with E-state index in [1.165, 1.54) is 88.4 Å². The number of rotatable bonds is 8. The predicted octanol–water partition coefficient (Wildman–Crippen LogP) is 5.00. The monoisotopic (exact) mass is 484 g/mol. The van der Waals surface area contributed by atoms with Crippen molar-refractivity contribution < 1.29 is 28.8 Å². The van der Waals surface area contributed by atoms with Gasteiger partial charge in [-0.1, -0.05) is 6.07 Å². The van der Waals surface area contributed by atoms with E-state index in [4.69, 9.17) is 0 Å². The summed E-state index contributed by atoms with van der Waals surface area (Å²) in [6.07, 6.45) is 0. The van der Waals surface area contributed by atoms with Crippen molar-refractivity contribution in [3.8, 4) is 0 Å². The molecule has 0 spiro atoms. The highest BCUT2D eigenvalue weighted by Gasteiger charge is 2.15. The van der Waals surface area contributed by atoms with Crippen LogP contribution in [-0.2, 0) is 0 Å². The van der Waals surface area contributed by atoms with Gasteiger partial charge < -0.3 is 10.6 Å². The summed E-state index contributed by atoms with van der Waals surface area (Å²) in [7, 11) is 0. The normalized spacial score (nSPS) is 10.3. The quantitative estimate of drug-likeness (QED) is 0.433. The molecule has 0 unspecified atom stereocenters. The molecule has 8 heteroatoms. The number of hydrogen-bond acceptors (Lipinski definition) is 6. The van der Waals surface area contributed by atoms with Gasteiger partial charge in [-0.3, -0.25) is 28.8 Å². The second-order valence-electron chi connectivity index (χ2n) is 8.31. The van der Waals surface area contributed by atoms with Crippen LogP contribution in [0.15, 0.2) is 60.7 Å². The van der Waals surface area contributed by atoms with Crippen LogP contribution in [0.25, 0.3) is 0 Å². The molecule has 0 bridgehead atoms. The highest BCUT2D eigenvalue weighted by molar-refractivity contribution is 6.10. The van der Waals surface area contributed by atoms with Crippen LogP contribution in [0.4, 0.5) is 11.4 Å². The first kappa shape index (κ1) is 25.9. The van der Waals surface area contributed by atoms with Crippen molar-refractivity contribution in [3.63, 3.8) is 0 Å². The van der Waals surface area contributed by atoms with Gasteiger partial charge in [-0.2, -0.15) is 0 Å². The van der Waals surface area contributed by atoms with Crippen LogP contribution in [0.2, 0.25) is 0 Å². The summed E-state index contributed by atoms with van der Waals surface area (Å²) < 4.78 is 0. The van der Waals surface area contributed by atoms with Gasteiger partial charge >= 0.3 is 0 Å². The Kier molecular flexibility index (Phi) is 7.69. The third-order valence-electron chi connectivity index (χ3n) is 5.39. The van der Waals surface area contributed by atoms with Gasteiger partial charge in [-0.15, -0.1) is 0 Å². The van der Waals surface area contributed by atoms with Crippen molar-refractivity contribution in [2.24, 2.45) is 0 Å². The lowest BCUT2D eigenvalue weighted by molar-refractivity contribution is 0.0997. The van der Waals surface area contributed by atoms with Crippen molar-refractivity contribution in [1.82, 2.24) is 0 Å². The zero-order chi connectivity index (χ0) is 26.6. The SMILES string of the molecule is CC(=O)c1cc(NC(=O)c2cccc(C(=O)Nc3cc(C(C)=O)cc(C(C)=O)c3)c2)cc(C(C)=O)c1. The predicted molar refractivity (Wildman–Crippen MR) is 135 cm³/mol. The maximum Gasteiger partial charge on any atom is 0.255 e. The van der Waals surface area contributed by atoms with Crippen molar-refractivity contribution in [2.75, 3.05) is 10.6 Å². The maximum atomic E-state index is 12.9. The van der Waals surface area contributed by atoms with Crippen LogP contribution in [-0.4, -0.2) is 34.9 Å². The van der Waals surface area contributed by atoms with Gasteiger partial charge in [0.1, 0.15) is 0 Å². The third kappa shape index (κ3) is 6.24. The fourth-order valence-electron chi connectivity index (χ4n) is 3.42. The highest BCUT2D eigenvalue weighted by atomic mass is 16.2. The number of hydrogen-bond donors (Lipinski definition) is 2. The molecule has 0 aromatic heterocycles. The summed E-state index contributed by atoms with van der Waals surface area (Å²) in [6, 6.07) is 14.7. The van der Waals surface area contributed by atoms with Crippen molar-refractivity contribution in [2.45, 2.75) is 27.7 Å². The molecule has 0 atom stereocenters. The number of benzene rings is 3. The van der Waals surface area contributed by atoms with Crippen LogP contribution in [0.1, 0.15) is 89.8 Å². The van der Waals surface area contributed by atoms with Gasteiger partial charge in [0.25, 0.3) is 11.8 Å². The Labute approximate surface area is 207 Å². The Bertz CT molecular complexity index is 1270. The second kappa shape index (κ2) is 10.7. The van der Waals surface area contributed by atoms with E-state index in [9.17, 15) is 28.8 Å². The largest absolute Gasteiger partial charge is 0.322 e. The first-order valence-corrected chi connectivity index (χ1v) is 11.0. The van der Waals surface area contributed by atoms with Gasteiger partial charge in [0, 0.05) is 44.8 Å². The van der Waals surface area contributed by atoms with Crippen LogP contribution >= 0.6 is 0 Å². The molecule has 3 aromatic rings. The van der Waals surface area contributed by atoms with Crippen LogP contribution in [0, 0.1) is 0 Å². The Morgan fingerprint density at radius 1 is 0.444 bits per heavy atom. The smallest absolute Gasteiger partial charge is 0.255 e. The fourth-order valence-corrected chi connectivity index (χ4v) is 3.42. The average molecular weight is 485 g/mol. The molecule has 8 nitrogen and oxygen atoms in total. The van der Waals surface area contributed by atoms with Crippen LogP contribution in [0.5, 0.6) is 0 Å². The second-order valence-corrected chi connectivity index (χ2v) is 8.31. The summed E-state index contributed by atoms with van der Waals surface area (Å²) in [6.45, 7) is 5.44. The van der Waals surface area contributed by atoms with Crippen LogP contribution in [0.3, 0.4) is 0 Å². The number of nitrogens with one attached hydrogen (secondary N) is 2. The molecule has 0 fully saturated rings. The Hall–Kier alpha value is -4.72. The van der Waals surface area contributed by atoms with E-state index < -0.39 is 11.8 Å². The molecule has 36 heavy (non-hydrogen) atoms. The van der Waals surface area contributed by atoms with Crippen LogP contribution < -0.4 is 10.6 Å². The summed E-state index contributed by atoms with van der Waals surface area (Å²) in [5.74, 6) is -2.11. The minimum Gasteiger partial charge on any atom is -0.322 e. The van der Waals surface area contributed by atoms with Gasteiger partial charge in [0.05, 0.1) is 0 Å². The zero-order valence-electron chi connectivity index (χ0n) is 20.2. The molecule has 0 saturated carbocycles. The van der Waals surface area contributed by atoms with Gasteiger partial charge in [0.2, 0.25) is 0 Å². The number of carbonyl (C=O) groups excluding carboxylic acids is 6. The summed E-state index contributed by atoms with van der Waals surface area (Å²) >= 11 is 0. The van der Waals surface area contributed by atoms with E-state index in [0.29, 0.717) is 0 Å². The molecular formula is C28H24N2O6. The van der Waals surface area contributed by atoms with Gasteiger partial charge in [-0.25, -0.2) is 0 Å². The molecule has 0 aliphatic heterocycles. The fraction of sp³-hybridized carbons (Fsp3) is 0.143. The lowest BCUT2D eigenvalue weighted by Crippen LogP contribution is -2.16. The molecule has 0 radical (unpaired) electrons. The van der Waals surface area contributed by atoms with Crippen molar-refractivity contribution >= 4 is 46.3 Å². The van der Waals surface area contributed by atoms with E-state index in [1.807, 2.05) is 0 Å². The number of anilines is 2. The van der Waals surface area contributed by atoms with Gasteiger partial charge in [0.15, 0.2) is 23.1 Å². The maximum absolute atomic E-state index is 12.9. The lowest BCUT2D eigenvalue weighted by atomic mass is 10.0. The molecule has 182 valence electrons. The molecule has 0 aliphatic carbocycles. The molecule has 0 heterocycles. The van der Waals surface area contributed by atoms with E-state index in [2.05, 4.69) is 10.6 Å². The Balaban J connectivity index is 1.85. The third-order valence-corrected chi connectivity index (χ3v) is 5.39. The van der Waals surface area contributed by atoms with Crippen molar-refractivity contribution in [1.29, 1.82) is 0 Å². The molecule has 0 aliphatic rings. The molecular weight excluding hydrogens is 460 g/mol. The Morgan fingerprint density at radius 2 is 0.722 bits per heavy atom. The van der Waals surface area contributed by atoms with E-state index >= 15 is 0 Å².